The Morgan fingerprint density at radius 1 is 1.67 bits per heavy atom. The highest BCUT2D eigenvalue weighted by molar-refractivity contribution is 5.11. The molecule has 0 bridgehead atoms. The molecule has 0 aromatic heterocycles. The molecule has 0 spiro atoms. The highest BCUT2D eigenvalue weighted by Crippen LogP contribution is 2.28. The Bertz CT molecular complexity index is 160. The van der Waals surface area contributed by atoms with E-state index in [0.29, 0.717) is 0 Å². The van der Waals surface area contributed by atoms with E-state index in [1.165, 1.54) is 0 Å². The zero-order valence-corrected chi connectivity index (χ0v) is 8.13. The fourth-order valence-corrected chi connectivity index (χ4v) is 1.21. The minimum absolute atomic E-state index is 0.0617. The number of hydrogen-bond acceptors (Lipinski definition) is 2. The quantitative estimate of drug-likeness (QED) is 0.605. The van der Waals surface area contributed by atoms with E-state index in [2.05, 4.69) is 5.92 Å². The summed E-state index contributed by atoms with van der Waals surface area (Å²) in [5.74, 6) is 2.49. The van der Waals surface area contributed by atoms with Gasteiger partial charge in [-0.1, -0.05) is 19.8 Å². The Labute approximate surface area is 74.9 Å². The molecule has 0 saturated carbocycles. The highest BCUT2D eigenvalue weighted by Gasteiger charge is 2.35. The minimum atomic E-state index is -0.667. The molecule has 1 heterocycles. The third-order valence-electron chi connectivity index (χ3n) is 1.90. The zero-order valence-electron chi connectivity index (χ0n) is 8.13. The van der Waals surface area contributed by atoms with Crippen molar-refractivity contribution < 1.29 is 9.84 Å². The van der Waals surface area contributed by atoms with Crippen LogP contribution in [-0.4, -0.2) is 23.4 Å². The van der Waals surface area contributed by atoms with Gasteiger partial charge in [0.25, 0.3) is 0 Å². The van der Waals surface area contributed by atoms with Gasteiger partial charge in [-0.2, -0.15) is 0 Å². The van der Waals surface area contributed by atoms with E-state index in [1.54, 1.807) is 0 Å². The molecule has 0 unspecified atom stereocenters. The second-order valence-corrected chi connectivity index (χ2v) is 2.76. The average Bonchev–Trinajstić information content (AvgIpc) is 2.52. The van der Waals surface area contributed by atoms with Gasteiger partial charge >= 0.3 is 0 Å². The third-order valence-corrected chi connectivity index (χ3v) is 1.90. The summed E-state index contributed by atoms with van der Waals surface area (Å²) in [4.78, 5) is 0. The van der Waals surface area contributed by atoms with Crippen LogP contribution in [0.3, 0.4) is 0 Å². The summed E-state index contributed by atoms with van der Waals surface area (Å²) >= 11 is 0. The molecular weight excluding hydrogens is 152 g/mol. The van der Waals surface area contributed by atoms with Gasteiger partial charge in [-0.15, -0.1) is 6.42 Å². The van der Waals surface area contributed by atoms with Gasteiger partial charge in [0, 0.05) is 0 Å². The van der Waals surface area contributed by atoms with Crippen molar-refractivity contribution in [2.45, 2.75) is 45.3 Å². The molecule has 2 nitrogen and oxygen atoms in total. The van der Waals surface area contributed by atoms with E-state index in [0.717, 1.165) is 12.8 Å². The standard InChI is InChI=1S/C8H12O2.C2H6/c1-3-8(6-9)5-4-7(2)10-8;1-2/h1,7,9H,4-6H2,2H3;1-2H3/t7-,8-;/m0./s1. The predicted molar refractivity (Wildman–Crippen MR) is 49.8 cm³/mol. The van der Waals surface area contributed by atoms with E-state index in [9.17, 15) is 0 Å². The minimum Gasteiger partial charge on any atom is -0.392 e. The first-order valence-electron chi connectivity index (χ1n) is 4.49. The topological polar surface area (TPSA) is 29.5 Å². The zero-order chi connectivity index (χ0) is 9.61. The molecule has 1 saturated heterocycles. The number of aliphatic hydroxyl groups is 1. The molecule has 2 atom stereocenters. The van der Waals surface area contributed by atoms with Crippen molar-refractivity contribution in [2.24, 2.45) is 0 Å². The average molecular weight is 170 g/mol. The number of aliphatic hydroxyl groups excluding tert-OH is 1. The summed E-state index contributed by atoms with van der Waals surface area (Å²) in [5.41, 5.74) is -0.667. The van der Waals surface area contributed by atoms with Gasteiger partial charge < -0.3 is 9.84 Å². The van der Waals surface area contributed by atoms with Crippen LogP contribution in [0.5, 0.6) is 0 Å². The summed E-state index contributed by atoms with van der Waals surface area (Å²) in [6, 6.07) is 0. The smallest absolute Gasteiger partial charge is 0.151 e. The molecule has 12 heavy (non-hydrogen) atoms. The third kappa shape index (κ3) is 2.51. The maximum Gasteiger partial charge on any atom is 0.151 e. The van der Waals surface area contributed by atoms with Crippen molar-refractivity contribution in [1.82, 2.24) is 0 Å². The van der Waals surface area contributed by atoms with E-state index in [1.807, 2.05) is 20.8 Å². The van der Waals surface area contributed by atoms with Crippen LogP contribution in [0.1, 0.15) is 33.6 Å². The van der Waals surface area contributed by atoms with E-state index in [4.69, 9.17) is 16.3 Å². The molecule has 0 amide bonds. The maximum atomic E-state index is 8.87. The van der Waals surface area contributed by atoms with Crippen molar-refractivity contribution in [3.63, 3.8) is 0 Å². The van der Waals surface area contributed by atoms with Gasteiger partial charge in [0.1, 0.15) is 0 Å². The Morgan fingerprint density at radius 2 is 2.25 bits per heavy atom. The summed E-state index contributed by atoms with van der Waals surface area (Å²) in [5, 5.41) is 8.87. The van der Waals surface area contributed by atoms with Crippen LogP contribution in [-0.2, 0) is 4.74 Å². The van der Waals surface area contributed by atoms with Crippen LogP contribution in [0.2, 0.25) is 0 Å². The van der Waals surface area contributed by atoms with Crippen LogP contribution >= 0.6 is 0 Å². The van der Waals surface area contributed by atoms with Crippen LogP contribution in [0.15, 0.2) is 0 Å². The molecule has 0 aromatic carbocycles. The Morgan fingerprint density at radius 3 is 2.42 bits per heavy atom. The summed E-state index contributed by atoms with van der Waals surface area (Å²) < 4.78 is 5.36. The fraction of sp³-hybridized carbons (Fsp3) is 0.800. The van der Waals surface area contributed by atoms with E-state index < -0.39 is 5.60 Å². The number of terminal acetylenes is 1. The largest absolute Gasteiger partial charge is 0.392 e. The summed E-state index contributed by atoms with van der Waals surface area (Å²) in [7, 11) is 0. The van der Waals surface area contributed by atoms with Crippen molar-refractivity contribution in [3.8, 4) is 12.3 Å². The van der Waals surface area contributed by atoms with E-state index in [-0.39, 0.29) is 12.7 Å². The lowest BCUT2D eigenvalue weighted by Crippen LogP contribution is -2.31. The van der Waals surface area contributed by atoms with Crippen LogP contribution in [0.25, 0.3) is 0 Å². The second kappa shape index (κ2) is 5.18. The second-order valence-electron chi connectivity index (χ2n) is 2.76. The molecule has 1 aliphatic rings. The van der Waals surface area contributed by atoms with Gasteiger partial charge in [0.15, 0.2) is 5.60 Å². The lowest BCUT2D eigenvalue weighted by molar-refractivity contribution is -0.0274. The molecule has 1 fully saturated rings. The van der Waals surface area contributed by atoms with Crippen LogP contribution in [0.4, 0.5) is 0 Å². The Hall–Kier alpha value is -0.520. The molecular formula is C10H18O2. The van der Waals surface area contributed by atoms with Gasteiger partial charge in [-0.25, -0.2) is 0 Å². The van der Waals surface area contributed by atoms with Gasteiger partial charge in [-0.05, 0) is 19.8 Å². The van der Waals surface area contributed by atoms with Crippen molar-refractivity contribution >= 4 is 0 Å². The molecule has 1 N–H and O–H groups in total. The SMILES string of the molecule is C#C[C@@]1(CO)CC[C@H](C)O1.CC. The molecule has 70 valence electrons. The van der Waals surface area contributed by atoms with Gasteiger partial charge in [0.05, 0.1) is 12.7 Å². The molecule has 1 aliphatic heterocycles. The first-order chi connectivity index (χ1) is 5.72. The van der Waals surface area contributed by atoms with Crippen LogP contribution < -0.4 is 0 Å². The molecule has 0 radical (unpaired) electrons. The first kappa shape index (κ1) is 11.5. The lowest BCUT2D eigenvalue weighted by atomic mass is 10.0. The Balaban J connectivity index is 0.000000561. The van der Waals surface area contributed by atoms with Gasteiger partial charge in [-0.3, -0.25) is 0 Å². The molecule has 0 aliphatic carbocycles. The monoisotopic (exact) mass is 170 g/mol. The van der Waals surface area contributed by atoms with Crippen molar-refractivity contribution in [2.75, 3.05) is 6.61 Å². The number of ether oxygens (including phenoxy) is 1. The van der Waals surface area contributed by atoms with Crippen LogP contribution in [0, 0.1) is 12.3 Å². The lowest BCUT2D eigenvalue weighted by Gasteiger charge is -2.19. The predicted octanol–water partition coefficient (Wildman–Crippen LogP) is 1.58. The summed E-state index contributed by atoms with van der Waals surface area (Å²) in [6.07, 6.45) is 7.13. The van der Waals surface area contributed by atoms with E-state index >= 15 is 0 Å². The molecule has 0 aromatic rings. The number of rotatable bonds is 1. The van der Waals surface area contributed by atoms with Crippen molar-refractivity contribution in [1.29, 1.82) is 0 Å². The van der Waals surface area contributed by atoms with Gasteiger partial charge in [0.2, 0.25) is 0 Å². The highest BCUT2D eigenvalue weighted by atomic mass is 16.5. The summed E-state index contributed by atoms with van der Waals surface area (Å²) in [6.45, 7) is 5.91. The first-order valence-corrected chi connectivity index (χ1v) is 4.49. The fourth-order valence-electron chi connectivity index (χ4n) is 1.21. The Kier molecular flexibility index (Phi) is 4.96. The normalized spacial score (nSPS) is 33.4. The van der Waals surface area contributed by atoms with Crippen molar-refractivity contribution in [3.05, 3.63) is 0 Å². The molecule has 2 heteroatoms. The molecule has 1 rings (SSSR count). The maximum absolute atomic E-state index is 8.87. The number of hydrogen-bond donors (Lipinski definition) is 1.